The molecule has 2 aromatic heterocycles. The van der Waals surface area contributed by atoms with Crippen LogP contribution >= 0.6 is 11.6 Å². The molecule has 3 heterocycles. The average Bonchev–Trinajstić information content (AvgIpc) is 3.12. The van der Waals surface area contributed by atoms with Gasteiger partial charge < -0.3 is 10.2 Å². The number of aromatic amines is 1. The number of nitrogens with zero attached hydrogens (tertiary/aromatic N) is 6. The number of halogens is 1. The summed E-state index contributed by atoms with van der Waals surface area (Å²) in [4.78, 5) is 18.9. The molecular formula is C11H15ClN8. The standard InChI is InChI=1S/C11H15ClN8/c1-7(8-13-6-14-19-8)15-10-16-9(12)17-11(18-10)20-4-2-3-5-20/h6-7H,2-5H2,1H3,(H,13,14,19)(H,15,16,17,18). The van der Waals surface area contributed by atoms with Crippen molar-refractivity contribution in [3.05, 3.63) is 17.4 Å². The molecule has 20 heavy (non-hydrogen) atoms. The van der Waals surface area contributed by atoms with E-state index in [0.29, 0.717) is 17.7 Å². The van der Waals surface area contributed by atoms with Crippen molar-refractivity contribution in [1.82, 2.24) is 30.1 Å². The summed E-state index contributed by atoms with van der Waals surface area (Å²) >= 11 is 5.97. The van der Waals surface area contributed by atoms with Crippen LogP contribution in [0.5, 0.6) is 0 Å². The quantitative estimate of drug-likeness (QED) is 0.880. The number of hydrogen-bond donors (Lipinski definition) is 2. The van der Waals surface area contributed by atoms with Gasteiger partial charge in [-0.2, -0.15) is 20.1 Å². The number of nitrogens with one attached hydrogen (secondary N) is 2. The first-order valence-electron chi connectivity index (χ1n) is 6.50. The fraction of sp³-hybridized carbons (Fsp3) is 0.545. The van der Waals surface area contributed by atoms with Crippen molar-refractivity contribution >= 4 is 23.5 Å². The lowest BCUT2D eigenvalue weighted by atomic mass is 10.3. The van der Waals surface area contributed by atoms with Crippen molar-refractivity contribution in [2.75, 3.05) is 23.3 Å². The van der Waals surface area contributed by atoms with E-state index in [1.54, 1.807) is 0 Å². The highest BCUT2D eigenvalue weighted by molar-refractivity contribution is 6.28. The molecular weight excluding hydrogens is 280 g/mol. The molecule has 0 radical (unpaired) electrons. The van der Waals surface area contributed by atoms with Gasteiger partial charge in [0.05, 0.1) is 6.04 Å². The minimum Gasteiger partial charge on any atom is -0.344 e. The van der Waals surface area contributed by atoms with E-state index in [1.165, 1.54) is 6.33 Å². The molecule has 2 aromatic rings. The van der Waals surface area contributed by atoms with Gasteiger partial charge in [0.15, 0.2) is 0 Å². The second kappa shape index (κ2) is 5.58. The van der Waals surface area contributed by atoms with Crippen molar-refractivity contribution in [2.24, 2.45) is 0 Å². The maximum Gasteiger partial charge on any atom is 0.231 e. The summed E-state index contributed by atoms with van der Waals surface area (Å²) in [5.74, 6) is 1.77. The molecule has 3 rings (SSSR count). The highest BCUT2D eigenvalue weighted by atomic mass is 35.5. The van der Waals surface area contributed by atoms with E-state index in [-0.39, 0.29) is 11.3 Å². The predicted molar refractivity (Wildman–Crippen MR) is 74.7 cm³/mol. The summed E-state index contributed by atoms with van der Waals surface area (Å²) in [6.45, 7) is 3.85. The molecule has 0 spiro atoms. The minimum atomic E-state index is -0.0950. The van der Waals surface area contributed by atoms with Crippen LogP contribution in [0.1, 0.15) is 31.6 Å². The van der Waals surface area contributed by atoms with Crippen LogP contribution in [0.25, 0.3) is 0 Å². The van der Waals surface area contributed by atoms with E-state index >= 15 is 0 Å². The van der Waals surface area contributed by atoms with Crippen molar-refractivity contribution in [2.45, 2.75) is 25.8 Å². The summed E-state index contributed by atoms with van der Waals surface area (Å²) < 4.78 is 0. The van der Waals surface area contributed by atoms with E-state index in [2.05, 4.69) is 40.3 Å². The Bertz CT molecular complexity index is 566. The summed E-state index contributed by atoms with van der Waals surface area (Å²) in [6.07, 6.45) is 3.77. The summed E-state index contributed by atoms with van der Waals surface area (Å²) in [5.41, 5.74) is 0. The Hall–Kier alpha value is -1.96. The second-order valence-corrected chi connectivity index (χ2v) is 5.00. The molecule has 1 aliphatic rings. The predicted octanol–water partition coefficient (Wildman–Crippen LogP) is 1.42. The van der Waals surface area contributed by atoms with Crippen LogP contribution < -0.4 is 10.2 Å². The Labute approximate surface area is 121 Å². The summed E-state index contributed by atoms with van der Waals surface area (Å²) in [7, 11) is 0. The van der Waals surface area contributed by atoms with Gasteiger partial charge in [-0.25, -0.2) is 4.98 Å². The third kappa shape index (κ3) is 2.79. The smallest absolute Gasteiger partial charge is 0.231 e. The van der Waals surface area contributed by atoms with Gasteiger partial charge in [0.2, 0.25) is 17.2 Å². The SMILES string of the molecule is CC(Nc1nc(Cl)nc(N2CCCC2)n1)c1ncn[nH]1. The largest absolute Gasteiger partial charge is 0.344 e. The fourth-order valence-electron chi connectivity index (χ4n) is 2.15. The molecule has 2 N–H and O–H groups in total. The zero-order valence-electron chi connectivity index (χ0n) is 11.0. The molecule has 0 aliphatic carbocycles. The molecule has 106 valence electrons. The maximum absolute atomic E-state index is 5.97. The van der Waals surface area contributed by atoms with Crippen molar-refractivity contribution in [3.63, 3.8) is 0 Å². The molecule has 0 saturated carbocycles. The fourth-order valence-corrected chi connectivity index (χ4v) is 2.30. The third-order valence-corrected chi connectivity index (χ3v) is 3.34. The first-order valence-corrected chi connectivity index (χ1v) is 6.88. The Kier molecular flexibility index (Phi) is 3.64. The van der Waals surface area contributed by atoms with E-state index in [0.717, 1.165) is 25.9 Å². The van der Waals surface area contributed by atoms with Crippen LogP contribution in [0, 0.1) is 0 Å². The lowest BCUT2D eigenvalue weighted by Gasteiger charge is -2.17. The number of aromatic nitrogens is 6. The molecule has 1 fully saturated rings. The number of hydrogen-bond acceptors (Lipinski definition) is 7. The molecule has 0 aromatic carbocycles. The van der Waals surface area contributed by atoms with Gasteiger partial charge >= 0.3 is 0 Å². The second-order valence-electron chi connectivity index (χ2n) is 4.66. The highest BCUT2D eigenvalue weighted by Crippen LogP contribution is 2.20. The van der Waals surface area contributed by atoms with Crippen LogP contribution in [0.4, 0.5) is 11.9 Å². The van der Waals surface area contributed by atoms with Gasteiger partial charge in [0.1, 0.15) is 12.2 Å². The zero-order valence-corrected chi connectivity index (χ0v) is 11.8. The Balaban J connectivity index is 1.79. The average molecular weight is 295 g/mol. The lowest BCUT2D eigenvalue weighted by molar-refractivity contribution is 0.776. The summed E-state index contributed by atoms with van der Waals surface area (Å²) in [6, 6.07) is -0.0950. The monoisotopic (exact) mass is 294 g/mol. The highest BCUT2D eigenvalue weighted by Gasteiger charge is 2.18. The molecule has 1 unspecified atom stereocenters. The van der Waals surface area contributed by atoms with Crippen molar-refractivity contribution < 1.29 is 0 Å². The van der Waals surface area contributed by atoms with Gasteiger partial charge in [0.25, 0.3) is 0 Å². The third-order valence-electron chi connectivity index (χ3n) is 3.17. The van der Waals surface area contributed by atoms with Crippen LogP contribution in [0.2, 0.25) is 5.28 Å². The van der Waals surface area contributed by atoms with Gasteiger partial charge in [-0.1, -0.05) is 0 Å². The van der Waals surface area contributed by atoms with Crippen LogP contribution in [-0.4, -0.2) is 43.2 Å². The number of rotatable bonds is 4. The van der Waals surface area contributed by atoms with Crippen LogP contribution in [0.15, 0.2) is 6.33 Å². The molecule has 0 amide bonds. The van der Waals surface area contributed by atoms with Crippen molar-refractivity contribution in [1.29, 1.82) is 0 Å². The molecule has 1 aliphatic heterocycles. The van der Waals surface area contributed by atoms with E-state index in [4.69, 9.17) is 11.6 Å². The van der Waals surface area contributed by atoms with Crippen LogP contribution in [0.3, 0.4) is 0 Å². The van der Waals surface area contributed by atoms with Gasteiger partial charge in [-0.3, -0.25) is 5.10 Å². The maximum atomic E-state index is 5.97. The van der Waals surface area contributed by atoms with E-state index < -0.39 is 0 Å². The number of anilines is 2. The summed E-state index contributed by atoms with van der Waals surface area (Å²) in [5, 5.41) is 9.95. The van der Waals surface area contributed by atoms with Gasteiger partial charge in [0, 0.05) is 13.1 Å². The molecule has 1 atom stereocenters. The minimum absolute atomic E-state index is 0.0950. The van der Waals surface area contributed by atoms with Gasteiger partial charge in [-0.05, 0) is 31.4 Å². The number of H-pyrrole nitrogens is 1. The van der Waals surface area contributed by atoms with Crippen LogP contribution in [-0.2, 0) is 0 Å². The molecule has 0 bridgehead atoms. The molecule has 8 nitrogen and oxygen atoms in total. The normalized spacial score (nSPS) is 16.4. The van der Waals surface area contributed by atoms with Gasteiger partial charge in [-0.15, -0.1) is 0 Å². The van der Waals surface area contributed by atoms with Crippen molar-refractivity contribution in [3.8, 4) is 0 Å². The topological polar surface area (TPSA) is 95.5 Å². The molecule has 9 heteroatoms. The van der Waals surface area contributed by atoms with E-state index in [9.17, 15) is 0 Å². The zero-order chi connectivity index (χ0) is 13.9. The lowest BCUT2D eigenvalue weighted by Crippen LogP contribution is -2.22. The first kappa shape index (κ1) is 13.0. The van der Waals surface area contributed by atoms with E-state index in [1.807, 2.05) is 6.92 Å². The Morgan fingerprint density at radius 3 is 2.80 bits per heavy atom. The first-order chi connectivity index (χ1) is 9.72. The Morgan fingerprint density at radius 1 is 1.30 bits per heavy atom. The Morgan fingerprint density at radius 2 is 2.10 bits per heavy atom. The molecule has 1 saturated heterocycles.